The Labute approximate surface area is 128 Å². The molecule has 1 amide bonds. The van der Waals surface area contributed by atoms with Crippen molar-refractivity contribution < 1.29 is 9.53 Å². The highest BCUT2D eigenvalue weighted by molar-refractivity contribution is 5.78. The molecule has 0 bridgehead atoms. The molecule has 1 fully saturated rings. The predicted octanol–water partition coefficient (Wildman–Crippen LogP) is 2.09. The van der Waals surface area contributed by atoms with Gasteiger partial charge in [-0.1, -0.05) is 0 Å². The Morgan fingerprint density at radius 2 is 1.86 bits per heavy atom. The van der Waals surface area contributed by atoms with Crippen LogP contribution >= 0.6 is 0 Å². The van der Waals surface area contributed by atoms with Crippen molar-refractivity contribution in [3.63, 3.8) is 0 Å². The first-order valence-electron chi connectivity index (χ1n) is 7.56. The molecule has 3 N–H and O–H groups in total. The molecule has 1 aliphatic carbocycles. The number of nitrogens with zero attached hydrogens (tertiary/aromatic N) is 2. The van der Waals surface area contributed by atoms with E-state index in [4.69, 9.17) is 10.5 Å². The summed E-state index contributed by atoms with van der Waals surface area (Å²) in [5.41, 5.74) is 5.23. The van der Waals surface area contributed by atoms with E-state index in [9.17, 15) is 4.79 Å². The van der Waals surface area contributed by atoms with Crippen LogP contribution in [0.25, 0.3) is 0 Å². The van der Waals surface area contributed by atoms with Crippen molar-refractivity contribution in [2.75, 3.05) is 13.1 Å². The van der Waals surface area contributed by atoms with E-state index in [1.165, 1.54) is 0 Å². The summed E-state index contributed by atoms with van der Waals surface area (Å²) in [4.78, 5) is 18.2. The minimum absolute atomic E-state index is 0.116. The van der Waals surface area contributed by atoms with Crippen LogP contribution in [0.4, 0.5) is 4.79 Å². The lowest BCUT2D eigenvalue weighted by atomic mass is 10.1. The van der Waals surface area contributed by atoms with Gasteiger partial charge in [-0.25, -0.2) is 4.79 Å². The zero-order chi connectivity index (χ0) is 16.3. The zero-order valence-electron chi connectivity index (χ0n) is 14.2. The second-order valence-electron chi connectivity index (χ2n) is 7.55. The Morgan fingerprint density at radius 1 is 1.29 bits per heavy atom. The number of carbonyl (C=O) groups excluding carboxylic acids is 1. The van der Waals surface area contributed by atoms with Gasteiger partial charge in [0, 0.05) is 18.1 Å². The van der Waals surface area contributed by atoms with Crippen LogP contribution < -0.4 is 11.1 Å². The van der Waals surface area contributed by atoms with Gasteiger partial charge in [-0.2, -0.15) is 0 Å². The van der Waals surface area contributed by atoms with E-state index in [0.717, 1.165) is 12.8 Å². The molecule has 21 heavy (non-hydrogen) atoms. The monoisotopic (exact) mass is 298 g/mol. The SMILES string of the molecule is CC(C)(C)NC(N)=NCCN(C(=O)OC(C)(C)C)C1CC1. The summed E-state index contributed by atoms with van der Waals surface area (Å²) in [5.74, 6) is 0.405. The number of aliphatic imine (C=N–C) groups is 1. The summed E-state index contributed by atoms with van der Waals surface area (Å²) in [7, 11) is 0. The lowest BCUT2D eigenvalue weighted by molar-refractivity contribution is 0.0240. The molecule has 0 aromatic carbocycles. The quantitative estimate of drug-likeness (QED) is 0.615. The molecule has 0 saturated heterocycles. The Kier molecular flexibility index (Phi) is 5.48. The Morgan fingerprint density at radius 3 is 2.29 bits per heavy atom. The van der Waals surface area contributed by atoms with Gasteiger partial charge < -0.3 is 20.7 Å². The standard InChI is InChI=1S/C15H30N4O2/c1-14(2,3)18-12(16)17-9-10-19(11-7-8-11)13(20)21-15(4,5)6/h11H,7-10H2,1-6H3,(H3,16,17,18). The van der Waals surface area contributed by atoms with Gasteiger partial charge in [0.15, 0.2) is 5.96 Å². The molecule has 0 aromatic heterocycles. The van der Waals surface area contributed by atoms with E-state index in [1.807, 2.05) is 41.5 Å². The smallest absolute Gasteiger partial charge is 0.410 e. The minimum atomic E-state index is -0.472. The maximum absolute atomic E-state index is 12.2. The molecular weight excluding hydrogens is 268 g/mol. The molecule has 0 atom stereocenters. The van der Waals surface area contributed by atoms with Gasteiger partial charge in [-0.15, -0.1) is 0 Å². The average Bonchev–Trinajstić information content (AvgIpc) is 3.02. The summed E-state index contributed by atoms with van der Waals surface area (Å²) in [5, 5.41) is 3.10. The van der Waals surface area contributed by atoms with Crippen LogP contribution in [0.1, 0.15) is 54.4 Å². The number of ether oxygens (including phenoxy) is 1. The van der Waals surface area contributed by atoms with Gasteiger partial charge in [0.05, 0.1) is 6.54 Å². The van der Waals surface area contributed by atoms with Crippen LogP contribution in [0.2, 0.25) is 0 Å². The molecule has 1 rings (SSSR count). The van der Waals surface area contributed by atoms with Crippen molar-refractivity contribution in [2.24, 2.45) is 10.7 Å². The van der Waals surface area contributed by atoms with E-state index in [2.05, 4.69) is 10.3 Å². The fraction of sp³-hybridized carbons (Fsp3) is 0.867. The third-order valence-electron chi connectivity index (χ3n) is 2.74. The summed E-state index contributed by atoms with van der Waals surface area (Å²) < 4.78 is 5.43. The highest BCUT2D eigenvalue weighted by Gasteiger charge is 2.34. The summed E-state index contributed by atoms with van der Waals surface area (Å²) >= 11 is 0. The highest BCUT2D eigenvalue weighted by Crippen LogP contribution is 2.28. The maximum Gasteiger partial charge on any atom is 0.410 e. The second kappa shape index (κ2) is 6.54. The molecule has 0 aliphatic heterocycles. The van der Waals surface area contributed by atoms with Gasteiger partial charge in [0.2, 0.25) is 0 Å². The Hall–Kier alpha value is -1.46. The molecule has 0 radical (unpaired) electrons. The largest absolute Gasteiger partial charge is 0.444 e. The topological polar surface area (TPSA) is 80.0 Å². The van der Waals surface area contributed by atoms with Crippen LogP contribution in [0.3, 0.4) is 0 Å². The van der Waals surface area contributed by atoms with Crippen molar-refractivity contribution in [3.05, 3.63) is 0 Å². The molecule has 0 aromatic rings. The van der Waals surface area contributed by atoms with Crippen LogP contribution in [0.5, 0.6) is 0 Å². The summed E-state index contributed by atoms with van der Waals surface area (Å²) in [6, 6.07) is 0.298. The van der Waals surface area contributed by atoms with Crippen LogP contribution in [-0.4, -0.2) is 47.2 Å². The number of nitrogens with one attached hydrogen (secondary N) is 1. The third-order valence-corrected chi connectivity index (χ3v) is 2.74. The number of hydrogen-bond donors (Lipinski definition) is 2. The van der Waals surface area contributed by atoms with Crippen molar-refractivity contribution in [1.82, 2.24) is 10.2 Å². The average molecular weight is 298 g/mol. The summed E-state index contributed by atoms with van der Waals surface area (Å²) in [6.45, 7) is 12.7. The second-order valence-corrected chi connectivity index (χ2v) is 7.55. The minimum Gasteiger partial charge on any atom is -0.444 e. The zero-order valence-corrected chi connectivity index (χ0v) is 14.2. The Balaban J connectivity index is 2.49. The molecule has 0 unspecified atom stereocenters. The van der Waals surface area contributed by atoms with Crippen molar-refractivity contribution in [1.29, 1.82) is 0 Å². The molecule has 0 heterocycles. The third kappa shape index (κ3) is 7.78. The van der Waals surface area contributed by atoms with E-state index in [0.29, 0.717) is 25.1 Å². The molecule has 1 saturated carbocycles. The first-order chi connectivity index (χ1) is 9.48. The lowest BCUT2D eigenvalue weighted by Crippen LogP contribution is -2.45. The fourth-order valence-corrected chi connectivity index (χ4v) is 1.83. The van der Waals surface area contributed by atoms with Crippen molar-refractivity contribution in [3.8, 4) is 0 Å². The first-order valence-corrected chi connectivity index (χ1v) is 7.56. The van der Waals surface area contributed by atoms with Gasteiger partial charge in [-0.3, -0.25) is 4.99 Å². The first kappa shape index (κ1) is 17.6. The highest BCUT2D eigenvalue weighted by atomic mass is 16.6. The number of guanidine groups is 1. The number of rotatable bonds is 4. The molecule has 6 heteroatoms. The molecule has 0 spiro atoms. The van der Waals surface area contributed by atoms with Gasteiger partial charge in [0.1, 0.15) is 5.60 Å². The lowest BCUT2D eigenvalue weighted by Gasteiger charge is -2.27. The van der Waals surface area contributed by atoms with Crippen LogP contribution in [-0.2, 0) is 4.74 Å². The van der Waals surface area contributed by atoms with E-state index in [1.54, 1.807) is 4.90 Å². The van der Waals surface area contributed by atoms with Crippen LogP contribution in [0.15, 0.2) is 4.99 Å². The summed E-state index contributed by atoms with van der Waals surface area (Å²) in [6.07, 6.45) is 1.82. The number of hydrogen-bond acceptors (Lipinski definition) is 3. The number of carbonyl (C=O) groups is 1. The van der Waals surface area contributed by atoms with Gasteiger partial charge in [0.25, 0.3) is 0 Å². The van der Waals surface area contributed by atoms with Crippen molar-refractivity contribution >= 4 is 12.1 Å². The normalized spacial score (nSPS) is 16.6. The number of amides is 1. The van der Waals surface area contributed by atoms with E-state index in [-0.39, 0.29) is 11.6 Å². The number of nitrogens with two attached hydrogens (primary N) is 1. The van der Waals surface area contributed by atoms with Gasteiger partial charge >= 0.3 is 6.09 Å². The Bertz CT molecular complexity index is 389. The van der Waals surface area contributed by atoms with E-state index >= 15 is 0 Å². The fourth-order valence-electron chi connectivity index (χ4n) is 1.83. The maximum atomic E-state index is 12.2. The molecule has 1 aliphatic rings. The molecule has 122 valence electrons. The van der Waals surface area contributed by atoms with Crippen LogP contribution in [0, 0.1) is 0 Å². The van der Waals surface area contributed by atoms with Gasteiger partial charge in [-0.05, 0) is 54.4 Å². The predicted molar refractivity (Wildman–Crippen MR) is 85.3 cm³/mol. The van der Waals surface area contributed by atoms with E-state index < -0.39 is 5.60 Å². The van der Waals surface area contributed by atoms with Crippen molar-refractivity contribution in [2.45, 2.75) is 71.6 Å². The molecule has 6 nitrogen and oxygen atoms in total. The molecular formula is C15H30N4O2.